The molecular weight excluding hydrogens is 100 g/mol. The predicted molar refractivity (Wildman–Crippen MR) is 32.3 cm³/mol. The topological polar surface area (TPSA) is 17.1 Å². The average molecular weight is 111 g/mol. The van der Waals surface area contributed by atoms with Gasteiger partial charge in [0.2, 0.25) is 0 Å². The highest BCUT2D eigenvalue weighted by molar-refractivity contribution is 5.82. The Kier molecular flexibility index (Phi) is 1.66. The van der Waals surface area contributed by atoms with E-state index in [1.165, 1.54) is 0 Å². The van der Waals surface area contributed by atoms with Gasteiger partial charge in [-0.05, 0) is 19.3 Å². The Morgan fingerprint density at radius 2 is 2.50 bits per heavy atom. The molecule has 1 nitrogen and oxygen atoms in total. The van der Waals surface area contributed by atoms with Crippen LogP contribution in [-0.4, -0.2) is 5.78 Å². The molecular formula is C7H11O. The van der Waals surface area contributed by atoms with Gasteiger partial charge < -0.3 is 0 Å². The lowest BCUT2D eigenvalue weighted by Crippen LogP contribution is -2.03. The van der Waals surface area contributed by atoms with Gasteiger partial charge in [-0.15, -0.1) is 0 Å². The van der Waals surface area contributed by atoms with Gasteiger partial charge in [-0.2, -0.15) is 0 Å². The number of carbonyl (C=O) groups excluding carboxylic acids is 1. The lowest BCUT2D eigenvalue weighted by Gasteiger charge is -1.98. The summed E-state index contributed by atoms with van der Waals surface area (Å²) in [6.45, 7) is 3.70. The third-order valence-electron chi connectivity index (χ3n) is 1.78. The molecule has 0 bridgehead atoms. The van der Waals surface area contributed by atoms with E-state index in [4.69, 9.17) is 0 Å². The van der Waals surface area contributed by atoms with Crippen LogP contribution in [0.2, 0.25) is 0 Å². The molecule has 1 fully saturated rings. The van der Waals surface area contributed by atoms with Gasteiger partial charge in [0, 0.05) is 12.3 Å². The van der Waals surface area contributed by atoms with Crippen LogP contribution in [0.4, 0.5) is 0 Å². The fourth-order valence-corrected chi connectivity index (χ4v) is 1.19. The van der Waals surface area contributed by atoms with E-state index in [9.17, 15) is 4.79 Å². The quantitative estimate of drug-likeness (QED) is 0.502. The highest BCUT2D eigenvalue weighted by Crippen LogP contribution is 2.23. The summed E-state index contributed by atoms with van der Waals surface area (Å²) < 4.78 is 0. The molecule has 1 rings (SSSR count). The molecule has 8 heavy (non-hydrogen) atoms. The molecule has 0 aromatic rings. The van der Waals surface area contributed by atoms with Gasteiger partial charge >= 0.3 is 0 Å². The largest absolute Gasteiger partial charge is 0.299 e. The Bertz CT molecular complexity index is 96.6. The van der Waals surface area contributed by atoms with Crippen LogP contribution in [0.15, 0.2) is 0 Å². The standard InChI is InChI=1S/C7H11O/c1-2-6-4-3-5-7(6)8/h6H,1-5H2. The minimum absolute atomic E-state index is 0.315. The second-order valence-electron chi connectivity index (χ2n) is 2.34. The minimum Gasteiger partial charge on any atom is -0.299 e. The Labute approximate surface area is 50.1 Å². The molecule has 45 valence electrons. The number of carbonyl (C=O) groups is 1. The second kappa shape index (κ2) is 2.29. The van der Waals surface area contributed by atoms with Crippen molar-refractivity contribution in [1.29, 1.82) is 0 Å². The minimum atomic E-state index is 0.315. The smallest absolute Gasteiger partial charge is 0.135 e. The molecule has 0 heterocycles. The maximum atomic E-state index is 10.8. The SMILES string of the molecule is [CH2]CC1CCCC1=O. The summed E-state index contributed by atoms with van der Waals surface area (Å²) in [4.78, 5) is 10.8. The maximum Gasteiger partial charge on any atom is 0.135 e. The van der Waals surface area contributed by atoms with Crippen LogP contribution in [0, 0.1) is 12.8 Å². The zero-order valence-electron chi connectivity index (χ0n) is 5.02. The molecule has 0 aromatic carbocycles. The van der Waals surface area contributed by atoms with Gasteiger partial charge in [0.05, 0.1) is 0 Å². The molecule has 1 aliphatic rings. The van der Waals surface area contributed by atoms with Crippen molar-refractivity contribution >= 4 is 5.78 Å². The number of ketones is 1. The van der Waals surface area contributed by atoms with Crippen molar-refractivity contribution in [1.82, 2.24) is 0 Å². The van der Waals surface area contributed by atoms with Crippen LogP contribution in [0.1, 0.15) is 25.7 Å². The van der Waals surface area contributed by atoms with Crippen molar-refractivity contribution in [2.45, 2.75) is 25.7 Å². The molecule has 1 heteroatoms. The van der Waals surface area contributed by atoms with Crippen LogP contribution in [0.3, 0.4) is 0 Å². The molecule has 1 unspecified atom stereocenters. The molecule has 0 saturated heterocycles. The van der Waals surface area contributed by atoms with E-state index in [0.29, 0.717) is 11.7 Å². The molecule has 0 aliphatic heterocycles. The highest BCUT2D eigenvalue weighted by Gasteiger charge is 2.21. The first kappa shape index (κ1) is 5.80. The summed E-state index contributed by atoms with van der Waals surface area (Å²) in [5.41, 5.74) is 0. The fraction of sp³-hybridized carbons (Fsp3) is 0.714. The number of rotatable bonds is 1. The third kappa shape index (κ3) is 0.908. The summed E-state index contributed by atoms with van der Waals surface area (Å²) in [5.74, 6) is 0.745. The summed E-state index contributed by atoms with van der Waals surface area (Å²) in [6, 6.07) is 0. The summed E-state index contributed by atoms with van der Waals surface area (Å²) in [7, 11) is 0. The van der Waals surface area contributed by atoms with E-state index in [1.807, 2.05) is 0 Å². The van der Waals surface area contributed by atoms with Gasteiger partial charge in [-0.1, -0.05) is 6.92 Å². The predicted octanol–water partition coefficient (Wildman–Crippen LogP) is 1.58. The Morgan fingerprint density at radius 1 is 1.75 bits per heavy atom. The van der Waals surface area contributed by atoms with E-state index < -0.39 is 0 Å². The third-order valence-corrected chi connectivity index (χ3v) is 1.78. The average Bonchev–Trinajstić information content (AvgIpc) is 2.14. The molecule has 0 spiro atoms. The highest BCUT2D eigenvalue weighted by atomic mass is 16.1. The summed E-state index contributed by atoms with van der Waals surface area (Å²) in [6.07, 6.45) is 3.79. The van der Waals surface area contributed by atoms with E-state index in [1.54, 1.807) is 0 Å². The van der Waals surface area contributed by atoms with Gasteiger partial charge in [-0.25, -0.2) is 0 Å². The molecule has 0 N–H and O–H groups in total. The van der Waals surface area contributed by atoms with Crippen molar-refractivity contribution in [2.75, 3.05) is 0 Å². The van der Waals surface area contributed by atoms with Crippen molar-refractivity contribution < 1.29 is 4.79 Å². The number of hydrogen-bond donors (Lipinski definition) is 0. The Morgan fingerprint density at radius 3 is 2.75 bits per heavy atom. The number of hydrogen-bond acceptors (Lipinski definition) is 1. The normalized spacial score (nSPS) is 29.1. The molecule has 0 amide bonds. The van der Waals surface area contributed by atoms with Crippen molar-refractivity contribution in [3.63, 3.8) is 0 Å². The lowest BCUT2D eigenvalue weighted by atomic mass is 10.1. The van der Waals surface area contributed by atoms with Gasteiger partial charge in [0.15, 0.2) is 0 Å². The Balaban J connectivity index is 2.42. The van der Waals surface area contributed by atoms with Crippen molar-refractivity contribution in [2.24, 2.45) is 5.92 Å². The van der Waals surface area contributed by atoms with E-state index in [2.05, 4.69) is 6.92 Å². The van der Waals surface area contributed by atoms with Crippen LogP contribution >= 0.6 is 0 Å². The van der Waals surface area contributed by atoms with E-state index in [-0.39, 0.29) is 0 Å². The molecule has 1 radical (unpaired) electrons. The zero-order chi connectivity index (χ0) is 5.98. The van der Waals surface area contributed by atoms with Crippen molar-refractivity contribution in [3.8, 4) is 0 Å². The fourth-order valence-electron chi connectivity index (χ4n) is 1.19. The molecule has 1 saturated carbocycles. The zero-order valence-corrected chi connectivity index (χ0v) is 5.02. The van der Waals surface area contributed by atoms with Gasteiger partial charge in [-0.3, -0.25) is 4.79 Å². The molecule has 0 aromatic heterocycles. The van der Waals surface area contributed by atoms with Crippen LogP contribution < -0.4 is 0 Å². The Hall–Kier alpha value is -0.330. The second-order valence-corrected chi connectivity index (χ2v) is 2.34. The monoisotopic (exact) mass is 111 g/mol. The van der Waals surface area contributed by atoms with E-state index >= 15 is 0 Å². The first-order valence-electron chi connectivity index (χ1n) is 3.16. The van der Waals surface area contributed by atoms with E-state index in [0.717, 1.165) is 25.7 Å². The van der Waals surface area contributed by atoms with Crippen LogP contribution in [0.5, 0.6) is 0 Å². The summed E-state index contributed by atoms with van der Waals surface area (Å²) in [5, 5.41) is 0. The van der Waals surface area contributed by atoms with Crippen molar-refractivity contribution in [3.05, 3.63) is 6.92 Å². The maximum absolute atomic E-state index is 10.8. The number of Topliss-reactive ketones (excluding diaryl/α,β-unsaturated/α-hetero) is 1. The molecule has 1 aliphatic carbocycles. The van der Waals surface area contributed by atoms with Crippen LogP contribution in [-0.2, 0) is 4.79 Å². The van der Waals surface area contributed by atoms with Gasteiger partial charge in [0.1, 0.15) is 5.78 Å². The summed E-state index contributed by atoms with van der Waals surface area (Å²) >= 11 is 0. The van der Waals surface area contributed by atoms with Gasteiger partial charge in [0.25, 0.3) is 0 Å². The van der Waals surface area contributed by atoms with Crippen LogP contribution in [0.25, 0.3) is 0 Å². The lowest BCUT2D eigenvalue weighted by molar-refractivity contribution is -0.120. The first-order valence-corrected chi connectivity index (χ1v) is 3.16. The molecule has 1 atom stereocenters. The first-order chi connectivity index (χ1) is 3.84.